The van der Waals surface area contributed by atoms with Crippen LogP contribution in [0.4, 0.5) is 4.39 Å². The summed E-state index contributed by atoms with van der Waals surface area (Å²) in [6, 6.07) is 6.43. The number of aromatic nitrogens is 2. The van der Waals surface area contributed by atoms with Crippen LogP contribution in [0.5, 0.6) is 0 Å². The van der Waals surface area contributed by atoms with Crippen LogP contribution in [0.1, 0.15) is 24.3 Å². The van der Waals surface area contributed by atoms with Gasteiger partial charge in [-0.15, -0.1) is 0 Å². The number of H-pyrrole nitrogens is 1. The maximum absolute atomic E-state index is 13.6. The van der Waals surface area contributed by atoms with E-state index in [2.05, 4.69) is 10.0 Å². The standard InChI is InChI=1S/C18H19FN5O9P/c19-11-3-1-2-10(8-11)12-5-7-30-34(29,33-12)31-9-18(22-23-20)15(27)14(26)16(32-18)24-6-4-13(25)21-17(24)28/h1-4,6,8,12,14-16,26-27H,5,7,9H2,(H,21,25,28)/t12-,14+,15-,16+,18+,34?/m0/s1. The van der Waals surface area contributed by atoms with Gasteiger partial charge in [-0.25, -0.2) is 13.8 Å². The molecule has 6 atom stereocenters. The number of ether oxygens (including phenoxy) is 1. The lowest BCUT2D eigenvalue weighted by molar-refractivity contribution is -0.127. The number of halogens is 1. The average molecular weight is 499 g/mol. The quantitative estimate of drug-likeness (QED) is 0.226. The van der Waals surface area contributed by atoms with Crippen molar-refractivity contribution in [3.63, 3.8) is 0 Å². The van der Waals surface area contributed by atoms with Crippen molar-refractivity contribution in [2.24, 2.45) is 5.11 Å². The first-order valence-electron chi connectivity index (χ1n) is 9.91. The lowest BCUT2D eigenvalue weighted by atomic mass is 10.1. The second kappa shape index (κ2) is 9.41. The second-order valence-corrected chi connectivity index (χ2v) is 9.11. The van der Waals surface area contributed by atoms with Crippen LogP contribution in [0.15, 0.2) is 51.2 Å². The highest BCUT2D eigenvalue weighted by Gasteiger charge is 2.56. The first kappa shape index (κ1) is 24.3. The Bertz CT molecular complexity index is 1280. The van der Waals surface area contributed by atoms with Crippen molar-refractivity contribution in [2.45, 2.75) is 36.7 Å². The minimum absolute atomic E-state index is 0.0750. The van der Waals surface area contributed by atoms with Crippen molar-refractivity contribution in [2.75, 3.05) is 13.2 Å². The fourth-order valence-corrected chi connectivity index (χ4v) is 5.02. The summed E-state index contributed by atoms with van der Waals surface area (Å²) in [5.74, 6) is -0.523. The SMILES string of the molecule is [N-]=[N+]=N[C@]1(COP2(=O)OCC[C@@H](c3cccc(F)c3)O2)O[C@@H](n2ccc(=O)[nH]c2=O)[C@H](O)[C@@H]1O. The molecule has 2 aromatic rings. The Morgan fingerprint density at radius 3 is 2.88 bits per heavy atom. The molecule has 2 aliphatic rings. The number of nitrogens with one attached hydrogen (secondary N) is 1. The van der Waals surface area contributed by atoms with Crippen molar-refractivity contribution in [1.82, 2.24) is 9.55 Å². The van der Waals surface area contributed by atoms with E-state index in [-0.39, 0.29) is 13.0 Å². The van der Waals surface area contributed by atoms with Crippen molar-refractivity contribution in [1.29, 1.82) is 0 Å². The van der Waals surface area contributed by atoms with E-state index in [0.717, 1.165) is 16.8 Å². The first-order valence-corrected chi connectivity index (χ1v) is 11.4. The number of nitrogens with zero attached hydrogens (tertiary/aromatic N) is 4. The summed E-state index contributed by atoms with van der Waals surface area (Å²) >= 11 is 0. The number of phosphoric ester groups is 1. The van der Waals surface area contributed by atoms with Gasteiger partial charge in [0.15, 0.2) is 6.23 Å². The fraction of sp³-hybridized carbons (Fsp3) is 0.444. The highest BCUT2D eigenvalue weighted by Crippen LogP contribution is 2.58. The average Bonchev–Trinajstić information content (AvgIpc) is 3.04. The lowest BCUT2D eigenvalue weighted by Gasteiger charge is -2.32. The van der Waals surface area contributed by atoms with E-state index in [0.29, 0.717) is 5.56 Å². The maximum atomic E-state index is 13.6. The van der Waals surface area contributed by atoms with Crippen LogP contribution in [0.25, 0.3) is 10.4 Å². The minimum atomic E-state index is -4.32. The number of phosphoric acid groups is 1. The van der Waals surface area contributed by atoms with Crippen LogP contribution in [-0.4, -0.2) is 50.9 Å². The highest BCUT2D eigenvalue weighted by atomic mass is 31.2. The van der Waals surface area contributed by atoms with Gasteiger partial charge >= 0.3 is 13.5 Å². The minimum Gasteiger partial charge on any atom is -0.387 e. The van der Waals surface area contributed by atoms with Crippen molar-refractivity contribution < 1.29 is 37.5 Å². The Morgan fingerprint density at radius 1 is 1.38 bits per heavy atom. The predicted molar refractivity (Wildman–Crippen MR) is 110 cm³/mol. The first-order chi connectivity index (χ1) is 16.2. The molecule has 14 nitrogen and oxygen atoms in total. The topological polar surface area (TPSA) is 198 Å². The van der Waals surface area contributed by atoms with Crippen LogP contribution in [0.3, 0.4) is 0 Å². The van der Waals surface area contributed by atoms with Crippen LogP contribution in [0.2, 0.25) is 0 Å². The zero-order valence-corrected chi connectivity index (χ0v) is 18.2. The van der Waals surface area contributed by atoms with Crippen molar-refractivity contribution in [3.05, 3.63) is 79.2 Å². The van der Waals surface area contributed by atoms with Gasteiger partial charge in [-0.2, -0.15) is 0 Å². The molecular formula is C18H19FN5O9P. The molecular weight excluding hydrogens is 480 g/mol. The summed E-state index contributed by atoms with van der Waals surface area (Å²) < 4.78 is 48.7. The molecule has 0 radical (unpaired) electrons. The maximum Gasteiger partial charge on any atom is 0.475 e. The predicted octanol–water partition coefficient (Wildman–Crippen LogP) is 1.24. The summed E-state index contributed by atoms with van der Waals surface area (Å²) in [7, 11) is -4.32. The van der Waals surface area contributed by atoms with Crippen molar-refractivity contribution >= 4 is 7.82 Å². The number of benzene rings is 1. The number of aromatic amines is 1. The van der Waals surface area contributed by atoms with Crippen LogP contribution in [0, 0.1) is 5.82 Å². The van der Waals surface area contributed by atoms with Crippen LogP contribution < -0.4 is 11.2 Å². The smallest absolute Gasteiger partial charge is 0.387 e. The molecule has 2 fully saturated rings. The number of aliphatic hydroxyl groups is 2. The molecule has 34 heavy (non-hydrogen) atoms. The molecule has 1 aromatic heterocycles. The van der Waals surface area contributed by atoms with Gasteiger partial charge in [0.2, 0.25) is 5.72 Å². The van der Waals surface area contributed by atoms with Gasteiger partial charge in [-0.3, -0.25) is 27.9 Å². The van der Waals surface area contributed by atoms with E-state index in [1.165, 1.54) is 18.2 Å². The Balaban J connectivity index is 1.55. The molecule has 16 heteroatoms. The van der Waals surface area contributed by atoms with Gasteiger partial charge in [0.05, 0.1) is 19.3 Å². The third-order valence-electron chi connectivity index (χ3n) is 5.28. The Labute approximate surface area is 189 Å². The zero-order valence-electron chi connectivity index (χ0n) is 17.3. The molecule has 3 heterocycles. The molecule has 1 unspecified atom stereocenters. The molecule has 4 rings (SSSR count). The zero-order chi connectivity index (χ0) is 24.5. The van der Waals surface area contributed by atoms with Gasteiger partial charge in [0.25, 0.3) is 5.56 Å². The Morgan fingerprint density at radius 2 is 2.18 bits per heavy atom. The molecule has 0 bridgehead atoms. The molecule has 182 valence electrons. The van der Waals surface area contributed by atoms with Gasteiger partial charge in [-0.1, -0.05) is 17.2 Å². The largest absolute Gasteiger partial charge is 0.475 e. The number of aliphatic hydroxyl groups excluding tert-OH is 2. The summed E-state index contributed by atoms with van der Waals surface area (Å²) in [6.07, 6.45) is -4.93. The molecule has 2 saturated heterocycles. The molecule has 0 saturated carbocycles. The summed E-state index contributed by atoms with van der Waals surface area (Å²) in [6.45, 7) is -0.981. The Hall–Kier alpha value is -2.87. The monoisotopic (exact) mass is 499 g/mol. The van der Waals surface area contributed by atoms with E-state index in [1.54, 1.807) is 6.07 Å². The third-order valence-corrected chi connectivity index (χ3v) is 6.73. The van der Waals surface area contributed by atoms with Gasteiger partial charge < -0.3 is 14.9 Å². The van der Waals surface area contributed by atoms with Gasteiger partial charge in [0.1, 0.15) is 18.0 Å². The molecule has 3 N–H and O–H groups in total. The number of hydrogen-bond donors (Lipinski definition) is 3. The number of azide groups is 1. The van der Waals surface area contributed by atoms with E-state index in [1.807, 2.05) is 4.98 Å². The molecule has 0 amide bonds. The number of rotatable bonds is 6. The molecule has 0 spiro atoms. The summed E-state index contributed by atoms with van der Waals surface area (Å²) in [4.78, 5) is 27.9. The van der Waals surface area contributed by atoms with Crippen molar-refractivity contribution in [3.8, 4) is 0 Å². The fourth-order valence-electron chi connectivity index (χ4n) is 3.61. The van der Waals surface area contributed by atoms with Crippen LogP contribution in [-0.2, 0) is 22.9 Å². The summed E-state index contributed by atoms with van der Waals surface area (Å²) in [5, 5.41) is 24.4. The number of hydrogen-bond acceptors (Lipinski definition) is 10. The van der Waals surface area contributed by atoms with Gasteiger partial charge in [-0.05, 0) is 23.2 Å². The second-order valence-electron chi connectivity index (χ2n) is 7.49. The lowest BCUT2D eigenvalue weighted by Crippen LogP contribution is -2.45. The van der Waals surface area contributed by atoms with Crippen LogP contribution >= 0.6 is 7.82 Å². The van der Waals surface area contributed by atoms with Gasteiger partial charge in [0, 0.05) is 23.6 Å². The normalized spacial score (nSPS) is 33.4. The van der Waals surface area contributed by atoms with E-state index in [4.69, 9.17) is 23.8 Å². The Kier molecular flexibility index (Phi) is 6.71. The van der Waals surface area contributed by atoms with E-state index in [9.17, 15) is 28.8 Å². The highest BCUT2D eigenvalue weighted by molar-refractivity contribution is 7.48. The van der Waals surface area contributed by atoms with E-state index < -0.39 is 61.8 Å². The molecule has 2 aliphatic heterocycles. The molecule has 0 aliphatic carbocycles. The summed E-state index contributed by atoms with van der Waals surface area (Å²) in [5.41, 5.74) is 5.38. The van der Waals surface area contributed by atoms with E-state index >= 15 is 0 Å². The third kappa shape index (κ3) is 4.69. The molecule has 1 aromatic carbocycles.